The Kier molecular flexibility index (Phi) is 13.9. The Morgan fingerprint density at radius 3 is 1.77 bits per heavy atom. The second-order valence-electron chi connectivity index (χ2n) is 8.91. The van der Waals surface area contributed by atoms with Gasteiger partial charge in [0.2, 0.25) is 0 Å². The Morgan fingerprint density at radius 1 is 0.705 bits per heavy atom. The predicted octanol–water partition coefficient (Wildman–Crippen LogP) is 6.71. The van der Waals surface area contributed by atoms with E-state index in [1.165, 1.54) is 6.08 Å². The molecule has 0 aromatic heterocycles. The molecule has 10 heteroatoms. The first-order valence-corrected chi connectivity index (χ1v) is 14.0. The first kappa shape index (κ1) is 33.4. The lowest BCUT2D eigenvalue weighted by Gasteiger charge is -2.07. The number of ether oxygens (including phenoxy) is 5. The molecule has 228 valence electrons. The van der Waals surface area contributed by atoms with Gasteiger partial charge in [-0.15, -0.1) is 0 Å². The van der Waals surface area contributed by atoms with Crippen molar-refractivity contribution in [3.63, 3.8) is 0 Å². The fourth-order valence-corrected chi connectivity index (χ4v) is 3.61. The van der Waals surface area contributed by atoms with E-state index in [0.29, 0.717) is 43.2 Å². The second kappa shape index (κ2) is 18.4. The van der Waals surface area contributed by atoms with E-state index in [1.54, 1.807) is 54.8 Å². The number of hydrogen-bond acceptors (Lipinski definition) is 9. The smallest absolute Gasteiger partial charge is 0.336 e. The summed E-state index contributed by atoms with van der Waals surface area (Å²) in [5.41, 5.74) is 2.20. The molecule has 0 saturated heterocycles. The zero-order chi connectivity index (χ0) is 31.6. The summed E-state index contributed by atoms with van der Waals surface area (Å²) in [5, 5.41) is 0.240. The van der Waals surface area contributed by atoms with Crippen molar-refractivity contribution in [2.24, 2.45) is 4.99 Å². The van der Waals surface area contributed by atoms with Crippen LogP contribution in [0.4, 0.5) is 5.69 Å². The number of esters is 3. The second-order valence-corrected chi connectivity index (χ2v) is 9.32. The molecular weight excluding hydrogens is 586 g/mol. The lowest BCUT2D eigenvalue weighted by atomic mass is 10.2. The summed E-state index contributed by atoms with van der Waals surface area (Å²) in [6.45, 7) is 7.99. The van der Waals surface area contributed by atoms with Gasteiger partial charge in [0.25, 0.3) is 0 Å². The lowest BCUT2D eigenvalue weighted by molar-refractivity contribution is -0.138. The van der Waals surface area contributed by atoms with Crippen molar-refractivity contribution in [1.82, 2.24) is 0 Å². The van der Waals surface area contributed by atoms with E-state index >= 15 is 0 Å². The number of benzene rings is 3. The lowest BCUT2D eigenvalue weighted by Crippen LogP contribution is -2.06. The summed E-state index contributed by atoms with van der Waals surface area (Å²) >= 11 is 6.32. The number of carbonyl (C=O) groups excluding carboxylic acids is 3. The SMILES string of the molecule is C=CC(=O)OCCCOc1ccc(/C=C/C(=O)Oc2ccc(/N=C/c3ccc(OCCCOC(=O)C=C)cc3)cc2Cl)cc1. The zero-order valence-corrected chi connectivity index (χ0v) is 24.7. The Balaban J connectivity index is 1.42. The minimum atomic E-state index is -0.586. The molecule has 0 aliphatic carbocycles. The highest BCUT2D eigenvalue weighted by Crippen LogP contribution is 2.29. The maximum atomic E-state index is 12.3. The number of hydrogen-bond donors (Lipinski definition) is 0. The molecule has 0 amide bonds. The zero-order valence-electron chi connectivity index (χ0n) is 24.0. The number of nitrogens with zero attached hydrogens (tertiary/aromatic N) is 1. The van der Waals surface area contributed by atoms with E-state index in [2.05, 4.69) is 18.2 Å². The third kappa shape index (κ3) is 12.4. The fourth-order valence-electron chi connectivity index (χ4n) is 3.40. The molecule has 3 aromatic rings. The van der Waals surface area contributed by atoms with Crippen molar-refractivity contribution in [3.8, 4) is 17.2 Å². The van der Waals surface area contributed by atoms with Crippen LogP contribution in [0, 0.1) is 0 Å². The van der Waals surface area contributed by atoms with Crippen LogP contribution in [0.15, 0.2) is 103 Å². The number of carbonyl (C=O) groups is 3. The molecule has 0 aliphatic rings. The Bertz CT molecular complexity index is 1480. The summed E-state index contributed by atoms with van der Waals surface area (Å²) in [6.07, 6.45) is 7.95. The van der Waals surface area contributed by atoms with Crippen molar-refractivity contribution >= 4 is 47.5 Å². The van der Waals surface area contributed by atoms with E-state index in [4.69, 9.17) is 35.3 Å². The van der Waals surface area contributed by atoms with Gasteiger partial charge in [0.1, 0.15) is 17.2 Å². The molecule has 44 heavy (non-hydrogen) atoms. The molecule has 0 fully saturated rings. The monoisotopic (exact) mass is 617 g/mol. The van der Waals surface area contributed by atoms with E-state index in [1.807, 2.05) is 24.3 Å². The molecule has 3 rings (SSSR count). The average molecular weight is 618 g/mol. The number of halogens is 1. The minimum absolute atomic E-state index is 0.212. The molecule has 0 spiro atoms. The van der Waals surface area contributed by atoms with Crippen molar-refractivity contribution in [2.45, 2.75) is 12.8 Å². The van der Waals surface area contributed by atoms with Crippen molar-refractivity contribution in [3.05, 3.63) is 114 Å². The summed E-state index contributed by atoms with van der Waals surface area (Å²) in [7, 11) is 0. The standard InChI is InChI=1S/C34H32ClNO8/c1-3-32(37)42-21-5-19-40-28-13-7-25(8-14-28)11-18-34(39)44-31-17-12-27(23-30(31)35)36-24-26-9-15-29(16-10-26)41-20-6-22-43-33(38)4-2/h3-4,7-18,23-24H,1-2,5-6,19-22H2/b18-11+,36-24+. The Labute approximate surface area is 261 Å². The summed E-state index contributed by atoms with van der Waals surface area (Å²) in [6, 6.07) is 19.3. The number of rotatable bonds is 17. The number of aliphatic imine (C=N–C) groups is 1. The van der Waals surface area contributed by atoms with E-state index < -0.39 is 17.9 Å². The first-order chi connectivity index (χ1) is 21.4. The molecule has 0 saturated carbocycles. The third-order valence-electron chi connectivity index (χ3n) is 5.60. The Morgan fingerprint density at radius 2 is 1.25 bits per heavy atom. The molecule has 0 atom stereocenters. The predicted molar refractivity (Wildman–Crippen MR) is 169 cm³/mol. The van der Waals surface area contributed by atoms with E-state index in [9.17, 15) is 14.4 Å². The van der Waals surface area contributed by atoms with Crippen LogP contribution in [0.1, 0.15) is 24.0 Å². The highest BCUT2D eigenvalue weighted by atomic mass is 35.5. The van der Waals surface area contributed by atoms with Gasteiger partial charge < -0.3 is 23.7 Å². The minimum Gasteiger partial charge on any atom is -0.493 e. The molecule has 0 N–H and O–H groups in total. The third-order valence-corrected chi connectivity index (χ3v) is 5.89. The van der Waals surface area contributed by atoms with Crippen LogP contribution in [-0.4, -0.2) is 50.6 Å². The quantitative estimate of drug-likeness (QED) is 0.0541. The Hall–Kier alpha value is -5.15. The molecular formula is C34H32ClNO8. The summed E-state index contributed by atoms with van der Waals surface area (Å²) < 4.78 is 26.4. The largest absolute Gasteiger partial charge is 0.493 e. The molecule has 9 nitrogen and oxygen atoms in total. The fraction of sp³-hybridized carbons (Fsp3) is 0.176. The van der Waals surface area contributed by atoms with Gasteiger partial charge in [0, 0.05) is 37.3 Å². The van der Waals surface area contributed by atoms with Crippen LogP contribution in [0.25, 0.3) is 6.08 Å². The van der Waals surface area contributed by atoms with E-state index in [0.717, 1.165) is 23.3 Å². The van der Waals surface area contributed by atoms with E-state index in [-0.39, 0.29) is 24.0 Å². The van der Waals surface area contributed by atoms with Crippen molar-refractivity contribution in [1.29, 1.82) is 0 Å². The molecule has 0 aliphatic heterocycles. The van der Waals surface area contributed by atoms with Crippen LogP contribution in [0.3, 0.4) is 0 Å². The van der Waals surface area contributed by atoms with Gasteiger partial charge >= 0.3 is 17.9 Å². The van der Waals surface area contributed by atoms with Crippen LogP contribution in [0.2, 0.25) is 5.02 Å². The molecule has 0 bridgehead atoms. The van der Waals surface area contributed by atoms with Gasteiger partial charge in [-0.1, -0.05) is 36.9 Å². The van der Waals surface area contributed by atoms with Crippen LogP contribution >= 0.6 is 11.6 Å². The molecule has 0 heterocycles. The van der Waals surface area contributed by atoms with Gasteiger partial charge in [0.05, 0.1) is 37.1 Å². The van der Waals surface area contributed by atoms with Crippen LogP contribution in [-0.2, 0) is 23.9 Å². The summed E-state index contributed by atoms with van der Waals surface area (Å²) in [5.74, 6) is 0.0440. The van der Waals surface area contributed by atoms with Crippen molar-refractivity contribution < 1.29 is 38.1 Å². The van der Waals surface area contributed by atoms with Crippen LogP contribution < -0.4 is 14.2 Å². The van der Waals surface area contributed by atoms with Crippen LogP contribution in [0.5, 0.6) is 17.2 Å². The highest BCUT2D eigenvalue weighted by molar-refractivity contribution is 6.32. The normalized spacial score (nSPS) is 10.8. The maximum Gasteiger partial charge on any atom is 0.336 e. The van der Waals surface area contributed by atoms with Gasteiger partial charge in [-0.05, 0) is 71.8 Å². The molecule has 0 unspecified atom stereocenters. The maximum absolute atomic E-state index is 12.3. The molecule has 0 radical (unpaired) electrons. The highest BCUT2D eigenvalue weighted by Gasteiger charge is 2.07. The van der Waals surface area contributed by atoms with Gasteiger partial charge in [-0.25, -0.2) is 14.4 Å². The summed E-state index contributed by atoms with van der Waals surface area (Å²) in [4.78, 5) is 38.8. The van der Waals surface area contributed by atoms with Crippen molar-refractivity contribution in [2.75, 3.05) is 26.4 Å². The molecule has 3 aromatic carbocycles. The topological polar surface area (TPSA) is 110 Å². The average Bonchev–Trinajstić information content (AvgIpc) is 3.04. The van der Waals surface area contributed by atoms with Gasteiger partial charge in [0.15, 0.2) is 0 Å². The first-order valence-electron chi connectivity index (χ1n) is 13.6. The van der Waals surface area contributed by atoms with Gasteiger partial charge in [-0.2, -0.15) is 0 Å². The van der Waals surface area contributed by atoms with Gasteiger partial charge in [-0.3, -0.25) is 4.99 Å².